The van der Waals surface area contributed by atoms with Crippen LogP contribution in [-0.2, 0) is 0 Å². The summed E-state index contributed by atoms with van der Waals surface area (Å²) in [6.07, 6.45) is 0. The van der Waals surface area contributed by atoms with Gasteiger partial charge in [0.2, 0.25) is 0 Å². The molecule has 0 bridgehead atoms. The molecule has 0 amide bonds. The van der Waals surface area contributed by atoms with E-state index in [1.54, 1.807) is 24.3 Å². The van der Waals surface area contributed by atoms with Crippen molar-refractivity contribution in [2.45, 2.75) is 0 Å². The Balaban J connectivity index is 2.40. The van der Waals surface area contributed by atoms with Crippen LogP contribution in [0.5, 0.6) is 5.75 Å². The highest BCUT2D eigenvalue weighted by Gasteiger charge is 2.12. The number of hydrogen-bond acceptors (Lipinski definition) is 2. The van der Waals surface area contributed by atoms with Crippen molar-refractivity contribution in [3.05, 3.63) is 64.4 Å². The summed E-state index contributed by atoms with van der Waals surface area (Å²) in [6.45, 7) is 0. The van der Waals surface area contributed by atoms with Crippen LogP contribution in [0, 0.1) is 5.82 Å². The molecule has 0 fully saturated rings. The molecular formula is C14H10ClFO2. The van der Waals surface area contributed by atoms with E-state index in [9.17, 15) is 9.18 Å². The third-order valence-electron chi connectivity index (χ3n) is 2.50. The summed E-state index contributed by atoms with van der Waals surface area (Å²) in [5.74, 6) is -0.682. The minimum absolute atomic E-state index is 0.0443. The van der Waals surface area contributed by atoms with E-state index in [1.807, 2.05) is 0 Å². The van der Waals surface area contributed by atoms with Crippen molar-refractivity contribution in [2.24, 2.45) is 0 Å². The second kappa shape index (κ2) is 5.19. The van der Waals surface area contributed by atoms with E-state index >= 15 is 0 Å². The highest BCUT2D eigenvalue weighted by atomic mass is 35.5. The molecule has 92 valence electrons. The first-order chi connectivity index (χ1) is 8.61. The van der Waals surface area contributed by atoms with Gasteiger partial charge in [-0.25, -0.2) is 4.39 Å². The SMILES string of the molecule is COc1cc(C(=O)c2cccc(Cl)c2)ccc1F. The second-order valence-corrected chi connectivity index (χ2v) is 4.13. The Labute approximate surface area is 109 Å². The normalized spacial score (nSPS) is 10.2. The van der Waals surface area contributed by atoms with Gasteiger partial charge in [-0.1, -0.05) is 23.7 Å². The number of carbonyl (C=O) groups is 1. The Morgan fingerprint density at radius 2 is 1.89 bits per heavy atom. The number of halogens is 2. The number of benzene rings is 2. The van der Waals surface area contributed by atoms with E-state index in [0.717, 1.165) is 0 Å². The highest BCUT2D eigenvalue weighted by molar-refractivity contribution is 6.31. The van der Waals surface area contributed by atoms with Crippen molar-refractivity contribution in [1.29, 1.82) is 0 Å². The smallest absolute Gasteiger partial charge is 0.193 e. The molecule has 0 spiro atoms. The minimum atomic E-state index is -0.500. The molecule has 0 N–H and O–H groups in total. The van der Waals surface area contributed by atoms with Gasteiger partial charge in [0.15, 0.2) is 17.3 Å². The van der Waals surface area contributed by atoms with E-state index in [1.165, 1.54) is 25.3 Å². The van der Waals surface area contributed by atoms with Gasteiger partial charge in [-0.05, 0) is 30.3 Å². The van der Waals surface area contributed by atoms with Crippen LogP contribution in [0.4, 0.5) is 4.39 Å². The molecule has 0 heterocycles. The molecule has 0 radical (unpaired) electrons. The fourth-order valence-electron chi connectivity index (χ4n) is 1.60. The number of ketones is 1. The molecule has 4 heteroatoms. The Kier molecular flexibility index (Phi) is 3.63. The Hall–Kier alpha value is -1.87. The molecule has 2 aromatic rings. The van der Waals surface area contributed by atoms with Crippen LogP contribution in [0.3, 0.4) is 0 Å². The molecule has 2 rings (SSSR count). The van der Waals surface area contributed by atoms with E-state index in [4.69, 9.17) is 16.3 Å². The minimum Gasteiger partial charge on any atom is -0.494 e. The molecule has 2 nitrogen and oxygen atoms in total. The molecule has 0 unspecified atom stereocenters. The maximum atomic E-state index is 13.2. The van der Waals surface area contributed by atoms with E-state index in [2.05, 4.69) is 0 Å². The molecule has 0 atom stereocenters. The quantitative estimate of drug-likeness (QED) is 0.790. The number of carbonyl (C=O) groups excluding carboxylic acids is 1. The lowest BCUT2D eigenvalue weighted by Crippen LogP contribution is -2.02. The second-order valence-electron chi connectivity index (χ2n) is 3.69. The average Bonchev–Trinajstić information content (AvgIpc) is 2.38. The first-order valence-corrected chi connectivity index (χ1v) is 5.63. The maximum Gasteiger partial charge on any atom is 0.193 e. The largest absolute Gasteiger partial charge is 0.494 e. The lowest BCUT2D eigenvalue weighted by atomic mass is 10.0. The molecule has 18 heavy (non-hydrogen) atoms. The summed E-state index contributed by atoms with van der Waals surface area (Å²) in [6, 6.07) is 10.6. The van der Waals surface area contributed by atoms with Crippen molar-refractivity contribution in [3.8, 4) is 5.75 Å². The summed E-state index contributed by atoms with van der Waals surface area (Å²) in [4.78, 5) is 12.1. The highest BCUT2D eigenvalue weighted by Crippen LogP contribution is 2.21. The van der Waals surface area contributed by atoms with Crippen LogP contribution in [0.1, 0.15) is 15.9 Å². The molecule has 0 aliphatic heterocycles. The number of methoxy groups -OCH3 is 1. The van der Waals surface area contributed by atoms with Crippen LogP contribution >= 0.6 is 11.6 Å². The van der Waals surface area contributed by atoms with E-state index in [0.29, 0.717) is 16.1 Å². The van der Waals surface area contributed by atoms with Crippen LogP contribution in [0.15, 0.2) is 42.5 Å². The lowest BCUT2D eigenvalue weighted by Gasteiger charge is -2.05. The predicted octanol–water partition coefficient (Wildman–Crippen LogP) is 3.72. The van der Waals surface area contributed by atoms with Crippen LogP contribution < -0.4 is 4.74 Å². The van der Waals surface area contributed by atoms with Gasteiger partial charge in [0.1, 0.15) is 0 Å². The first kappa shape index (κ1) is 12.6. The molecule has 0 aliphatic rings. The number of hydrogen-bond donors (Lipinski definition) is 0. The Bertz CT molecular complexity index is 596. The summed E-state index contributed by atoms with van der Waals surface area (Å²) >= 11 is 5.82. The van der Waals surface area contributed by atoms with Gasteiger partial charge in [0.05, 0.1) is 7.11 Å². The Morgan fingerprint density at radius 1 is 1.17 bits per heavy atom. The van der Waals surface area contributed by atoms with Gasteiger partial charge >= 0.3 is 0 Å². The number of ether oxygens (including phenoxy) is 1. The standard InChI is InChI=1S/C14H10ClFO2/c1-18-13-8-10(5-6-12(13)16)14(17)9-3-2-4-11(15)7-9/h2-8H,1H3. The topological polar surface area (TPSA) is 26.3 Å². The van der Waals surface area contributed by atoms with Crippen LogP contribution in [0.2, 0.25) is 5.02 Å². The molecule has 0 aliphatic carbocycles. The zero-order valence-electron chi connectivity index (χ0n) is 9.61. The fraction of sp³-hybridized carbons (Fsp3) is 0.0714. The van der Waals surface area contributed by atoms with Crippen LogP contribution in [-0.4, -0.2) is 12.9 Å². The van der Waals surface area contributed by atoms with Crippen molar-refractivity contribution in [2.75, 3.05) is 7.11 Å². The van der Waals surface area contributed by atoms with Gasteiger partial charge in [0.25, 0.3) is 0 Å². The van der Waals surface area contributed by atoms with Gasteiger partial charge in [-0.2, -0.15) is 0 Å². The number of rotatable bonds is 3. The van der Waals surface area contributed by atoms with Gasteiger partial charge < -0.3 is 4.74 Å². The Morgan fingerprint density at radius 3 is 2.56 bits per heavy atom. The van der Waals surface area contributed by atoms with Gasteiger partial charge in [0, 0.05) is 16.1 Å². The molecular weight excluding hydrogens is 255 g/mol. The summed E-state index contributed by atoms with van der Waals surface area (Å²) in [5.41, 5.74) is 0.812. The van der Waals surface area contributed by atoms with Crippen molar-refractivity contribution in [1.82, 2.24) is 0 Å². The molecule has 0 aromatic heterocycles. The van der Waals surface area contributed by atoms with E-state index in [-0.39, 0.29) is 11.5 Å². The average molecular weight is 265 g/mol. The molecule has 2 aromatic carbocycles. The zero-order valence-corrected chi connectivity index (χ0v) is 10.4. The van der Waals surface area contributed by atoms with E-state index < -0.39 is 5.82 Å². The molecule has 0 saturated heterocycles. The van der Waals surface area contributed by atoms with Crippen molar-refractivity contribution >= 4 is 17.4 Å². The van der Waals surface area contributed by atoms with Crippen LogP contribution in [0.25, 0.3) is 0 Å². The zero-order chi connectivity index (χ0) is 13.1. The van der Waals surface area contributed by atoms with Gasteiger partial charge in [-0.3, -0.25) is 4.79 Å². The van der Waals surface area contributed by atoms with Gasteiger partial charge in [-0.15, -0.1) is 0 Å². The predicted molar refractivity (Wildman–Crippen MR) is 67.8 cm³/mol. The summed E-state index contributed by atoms with van der Waals surface area (Å²) in [7, 11) is 1.35. The first-order valence-electron chi connectivity index (χ1n) is 5.25. The maximum absolute atomic E-state index is 13.2. The third-order valence-corrected chi connectivity index (χ3v) is 2.74. The van der Waals surface area contributed by atoms with Crippen molar-refractivity contribution in [3.63, 3.8) is 0 Å². The fourth-order valence-corrected chi connectivity index (χ4v) is 1.79. The monoisotopic (exact) mass is 264 g/mol. The lowest BCUT2D eigenvalue weighted by molar-refractivity contribution is 0.103. The van der Waals surface area contributed by atoms with Crippen molar-refractivity contribution < 1.29 is 13.9 Å². The molecule has 0 saturated carbocycles. The summed E-state index contributed by atoms with van der Waals surface area (Å²) < 4.78 is 18.1. The summed E-state index contributed by atoms with van der Waals surface area (Å²) in [5, 5.41) is 0.481. The third kappa shape index (κ3) is 2.51.